The molecule has 1 N–H and O–H groups in total. The summed E-state index contributed by atoms with van der Waals surface area (Å²) >= 11 is 6.15. The molecule has 2 heterocycles. The largest absolute Gasteiger partial charge is 0.390 e. The summed E-state index contributed by atoms with van der Waals surface area (Å²) in [6, 6.07) is 13.7. The molecule has 2 aromatic rings. The highest BCUT2D eigenvalue weighted by atomic mass is 35.5. The first-order valence-corrected chi connectivity index (χ1v) is 12.5. The van der Waals surface area contributed by atoms with E-state index in [0.29, 0.717) is 48.2 Å². The molecule has 0 bridgehead atoms. The number of rotatable bonds is 5. The van der Waals surface area contributed by atoms with Gasteiger partial charge in [0.1, 0.15) is 0 Å². The minimum Gasteiger partial charge on any atom is -0.390 e. The third-order valence-corrected chi connectivity index (χ3v) is 8.85. The summed E-state index contributed by atoms with van der Waals surface area (Å²) in [6.45, 7) is 7.93. The molecule has 4 rings (SSSR count). The number of likely N-dealkylation sites (tertiary alicyclic amines) is 1. The predicted molar refractivity (Wildman–Crippen MR) is 123 cm³/mol. The Morgan fingerprint density at radius 2 is 1.68 bits per heavy atom. The molecule has 2 saturated heterocycles. The Morgan fingerprint density at radius 3 is 2.35 bits per heavy atom. The van der Waals surface area contributed by atoms with E-state index >= 15 is 0 Å². The van der Waals surface area contributed by atoms with Gasteiger partial charge in [-0.15, -0.1) is 0 Å². The number of halogens is 1. The predicted octanol–water partition coefficient (Wildman–Crippen LogP) is 2.51. The maximum atomic E-state index is 13.2. The number of β-amino-alcohol motifs (C(OH)–C–C–N with tert-alkyl or cyclic N) is 1. The van der Waals surface area contributed by atoms with Crippen LogP contribution in [0.25, 0.3) is 0 Å². The van der Waals surface area contributed by atoms with Crippen LogP contribution < -0.4 is 0 Å². The van der Waals surface area contributed by atoms with Crippen molar-refractivity contribution >= 4 is 21.6 Å². The van der Waals surface area contributed by atoms with Gasteiger partial charge in [0.05, 0.1) is 11.0 Å². The number of aryl methyl sites for hydroxylation is 2. The molecule has 2 aromatic carbocycles. The molecule has 2 aliphatic heterocycles. The average molecular weight is 464 g/mol. The lowest BCUT2D eigenvalue weighted by Crippen LogP contribution is -2.54. The number of hydrogen-bond donors (Lipinski definition) is 1. The Morgan fingerprint density at radius 1 is 1.00 bits per heavy atom. The molecule has 0 unspecified atom stereocenters. The van der Waals surface area contributed by atoms with Gasteiger partial charge in [-0.1, -0.05) is 41.9 Å². The van der Waals surface area contributed by atoms with E-state index in [9.17, 15) is 13.5 Å². The fourth-order valence-electron chi connectivity index (χ4n) is 4.62. The molecular formula is C23H30ClN3O3S. The van der Waals surface area contributed by atoms with Crippen molar-refractivity contribution < 1.29 is 13.5 Å². The van der Waals surface area contributed by atoms with Crippen LogP contribution in [-0.4, -0.2) is 79.0 Å². The number of piperazine rings is 1. The van der Waals surface area contributed by atoms with Crippen LogP contribution in [0, 0.1) is 13.8 Å². The number of aliphatic hydroxyl groups excluding tert-OH is 1. The smallest absolute Gasteiger partial charge is 0.243 e. The molecule has 168 valence electrons. The molecule has 0 aliphatic carbocycles. The van der Waals surface area contributed by atoms with Crippen LogP contribution in [0.3, 0.4) is 0 Å². The standard InChI is InChI=1S/C23H30ClN3O3S/c1-17-13-23(18(2)12-20(17)24)31(29,30)27-10-8-26(9-11-27)21-15-25(16-22(21)28)14-19-6-4-3-5-7-19/h3-7,12-13,21-22,28H,8-11,14-16H2,1-2H3/t21-,22-/m1/s1. The second-order valence-corrected chi connectivity index (χ2v) is 10.9. The summed E-state index contributed by atoms with van der Waals surface area (Å²) in [5.41, 5.74) is 2.66. The Kier molecular flexibility index (Phi) is 6.72. The molecule has 8 heteroatoms. The highest BCUT2D eigenvalue weighted by Crippen LogP contribution is 2.28. The van der Waals surface area contributed by atoms with Crippen molar-refractivity contribution in [2.45, 2.75) is 37.4 Å². The number of aliphatic hydroxyl groups is 1. The third-order valence-electron chi connectivity index (χ3n) is 6.40. The van der Waals surface area contributed by atoms with Gasteiger partial charge < -0.3 is 5.11 Å². The van der Waals surface area contributed by atoms with Crippen LogP contribution in [0.5, 0.6) is 0 Å². The van der Waals surface area contributed by atoms with Crippen molar-refractivity contribution in [2.75, 3.05) is 39.3 Å². The normalized spacial score (nSPS) is 24.0. The average Bonchev–Trinajstić information content (AvgIpc) is 3.11. The van der Waals surface area contributed by atoms with Gasteiger partial charge in [0.25, 0.3) is 0 Å². The maximum absolute atomic E-state index is 13.2. The first-order chi connectivity index (χ1) is 14.8. The Balaban J connectivity index is 1.39. The third kappa shape index (κ3) is 4.82. The van der Waals surface area contributed by atoms with E-state index in [4.69, 9.17) is 11.6 Å². The highest BCUT2D eigenvalue weighted by molar-refractivity contribution is 7.89. The SMILES string of the molecule is Cc1cc(S(=O)(=O)N2CCN([C@@H]3CN(Cc4ccccc4)C[C@H]3O)CC2)c(C)cc1Cl. The molecule has 2 aliphatic rings. The van der Waals surface area contributed by atoms with Gasteiger partial charge in [0, 0.05) is 56.9 Å². The molecule has 6 nitrogen and oxygen atoms in total. The maximum Gasteiger partial charge on any atom is 0.243 e. The van der Waals surface area contributed by atoms with E-state index in [1.165, 1.54) is 5.56 Å². The van der Waals surface area contributed by atoms with Crippen LogP contribution in [0.15, 0.2) is 47.4 Å². The van der Waals surface area contributed by atoms with E-state index in [2.05, 4.69) is 21.9 Å². The minimum absolute atomic E-state index is 0.0353. The lowest BCUT2D eigenvalue weighted by Gasteiger charge is -2.38. The zero-order chi connectivity index (χ0) is 22.2. The minimum atomic E-state index is -3.57. The van der Waals surface area contributed by atoms with E-state index in [1.807, 2.05) is 25.1 Å². The first-order valence-electron chi connectivity index (χ1n) is 10.7. The van der Waals surface area contributed by atoms with Crippen LogP contribution in [0.1, 0.15) is 16.7 Å². The van der Waals surface area contributed by atoms with Crippen molar-refractivity contribution in [1.82, 2.24) is 14.1 Å². The van der Waals surface area contributed by atoms with Gasteiger partial charge in [-0.05, 0) is 42.7 Å². The van der Waals surface area contributed by atoms with Gasteiger partial charge >= 0.3 is 0 Å². The Labute approximate surface area is 190 Å². The molecule has 0 radical (unpaired) electrons. The van der Waals surface area contributed by atoms with Crippen molar-refractivity contribution in [1.29, 1.82) is 0 Å². The van der Waals surface area contributed by atoms with Crippen molar-refractivity contribution in [3.05, 3.63) is 64.2 Å². The fraction of sp³-hybridized carbons (Fsp3) is 0.478. The summed E-state index contributed by atoms with van der Waals surface area (Å²) in [5.74, 6) is 0. The molecule has 0 amide bonds. The lowest BCUT2D eigenvalue weighted by molar-refractivity contribution is 0.0618. The van der Waals surface area contributed by atoms with Crippen molar-refractivity contribution in [3.8, 4) is 0 Å². The number of hydrogen-bond acceptors (Lipinski definition) is 5. The topological polar surface area (TPSA) is 64.1 Å². The van der Waals surface area contributed by atoms with Crippen LogP contribution >= 0.6 is 11.6 Å². The summed E-state index contributed by atoms with van der Waals surface area (Å²) in [4.78, 5) is 4.84. The lowest BCUT2D eigenvalue weighted by atomic mass is 10.1. The van der Waals surface area contributed by atoms with E-state index < -0.39 is 16.1 Å². The van der Waals surface area contributed by atoms with Crippen molar-refractivity contribution in [2.24, 2.45) is 0 Å². The van der Waals surface area contributed by atoms with E-state index in [0.717, 1.165) is 18.7 Å². The summed E-state index contributed by atoms with van der Waals surface area (Å²) < 4.78 is 28.0. The highest BCUT2D eigenvalue weighted by Gasteiger charge is 2.38. The van der Waals surface area contributed by atoms with Crippen molar-refractivity contribution in [3.63, 3.8) is 0 Å². The van der Waals surface area contributed by atoms with Crippen LogP contribution in [-0.2, 0) is 16.6 Å². The molecule has 0 saturated carbocycles. The van der Waals surface area contributed by atoms with Gasteiger partial charge in [0.15, 0.2) is 0 Å². The Hall–Kier alpha value is -1.48. The van der Waals surface area contributed by atoms with E-state index in [1.54, 1.807) is 23.4 Å². The first kappa shape index (κ1) is 22.7. The zero-order valence-corrected chi connectivity index (χ0v) is 19.6. The fourth-order valence-corrected chi connectivity index (χ4v) is 6.56. The van der Waals surface area contributed by atoms with Crippen LogP contribution in [0.2, 0.25) is 5.02 Å². The number of sulfonamides is 1. The monoisotopic (exact) mass is 463 g/mol. The second kappa shape index (κ2) is 9.17. The van der Waals surface area contributed by atoms with Gasteiger partial charge in [-0.2, -0.15) is 4.31 Å². The van der Waals surface area contributed by atoms with Gasteiger partial charge in [-0.3, -0.25) is 9.80 Å². The molecule has 31 heavy (non-hydrogen) atoms. The number of nitrogens with zero attached hydrogens (tertiary/aromatic N) is 3. The second-order valence-electron chi connectivity index (χ2n) is 8.62. The van der Waals surface area contributed by atoms with Gasteiger partial charge in [0.2, 0.25) is 10.0 Å². The van der Waals surface area contributed by atoms with E-state index in [-0.39, 0.29) is 6.04 Å². The molecule has 2 fully saturated rings. The van der Waals surface area contributed by atoms with Gasteiger partial charge in [-0.25, -0.2) is 8.42 Å². The molecule has 0 aromatic heterocycles. The molecular weight excluding hydrogens is 434 g/mol. The molecule has 2 atom stereocenters. The summed E-state index contributed by atoms with van der Waals surface area (Å²) in [5, 5.41) is 11.2. The number of benzene rings is 2. The zero-order valence-electron chi connectivity index (χ0n) is 18.0. The Bertz CT molecular complexity index is 1020. The summed E-state index contributed by atoms with van der Waals surface area (Å²) in [7, 11) is -3.57. The quantitative estimate of drug-likeness (QED) is 0.738. The molecule has 0 spiro atoms. The summed E-state index contributed by atoms with van der Waals surface area (Å²) in [6.07, 6.45) is -0.423. The van der Waals surface area contributed by atoms with Crippen LogP contribution in [0.4, 0.5) is 0 Å².